The van der Waals surface area contributed by atoms with Crippen LogP contribution in [0.2, 0.25) is 0 Å². The minimum absolute atomic E-state index is 0.335. The molecule has 0 aromatic rings. The Kier molecular flexibility index (Phi) is 6.94. The van der Waals surface area contributed by atoms with Gasteiger partial charge < -0.3 is 15.8 Å². The number of alkyl halides is 6. The first kappa shape index (κ1) is 20.0. The number of hydrogen-bond acceptors (Lipinski definition) is 3. The molecular weight excluding hydrogens is 306 g/mol. The van der Waals surface area contributed by atoms with Gasteiger partial charge in [0.05, 0.1) is 12.1 Å². The van der Waals surface area contributed by atoms with Crippen LogP contribution in [-0.2, 0) is 9.53 Å². The maximum atomic E-state index is 12.2. The highest BCUT2D eigenvalue weighted by molar-refractivity contribution is 5.84. The van der Waals surface area contributed by atoms with E-state index in [1.807, 2.05) is 0 Å². The monoisotopic (exact) mass is 324 g/mol. The largest absolute Gasteiger partial charge is 0.423 e. The van der Waals surface area contributed by atoms with Gasteiger partial charge in [0.1, 0.15) is 0 Å². The van der Waals surface area contributed by atoms with Crippen LogP contribution in [-0.4, -0.2) is 43.1 Å². The Hall–Kier alpha value is -1.03. The van der Waals surface area contributed by atoms with Gasteiger partial charge in [-0.25, -0.2) is 0 Å². The third-order valence-corrected chi connectivity index (χ3v) is 2.79. The first-order chi connectivity index (χ1) is 9.34. The van der Waals surface area contributed by atoms with Gasteiger partial charge in [-0.3, -0.25) is 4.79 Å². The smallest absolute Gasteiger partial charge is 0.368 e. The summed E-state index contributed by atoms with van der Waals surface area (Å²) in [5.74, 6) is -0.880. The second kappa shape index (κ2) is 7.30. The van der Waals surface area contributed by atoms with Gasteiger partial charge in [0.15, 0.2) is 0 Å². The van der Waals surface area contributed by atoms with Gasteiger partial charge in [-0.15, -0.1) is 0 Å². The van der Waals surface area contributed by atoms with Gasteiger partial charge in [-0.1, -0.05) is 6.92 Å². The van der Waals surface area contributed by atoms with Crippen molar-refractivity contribution in [3.8, 4) is 0 Å². The molecule has 10 heteroatoms. The Morgan fingerprint density at radius 1 is 1.19 bits per heavy atom. The summed E-state index contributed by atoms with van der Waals surface area (Å²) in [6.45, 7) is 2.49. The van der Waals surface area contributed by atoms with Crippen LogP contribution in [0.3, 0.4) is 0 Å². The minimum Gasteiger partial charge on any atom is -0.368 e. The Labute approximate surface area is 118 Å². The average molecular weight is 324 g/mol. The van der Waals surface area contributed by atoms with E-state index in [0.717, 1.165) is 0 Å². The van der Waals surface area contributed by atoms with E-state index < -0.39 is 42.9 Å². The minimum atomic E-state index is -5.57. The molecule has 1 amide bonds. The number of nitrogens with one attached hydrogen (secondary N) is 1. The SMILES string of the molecule is CCCNC(C)(CCOC(C(F)(F)F)C(F)(F)F)C(N)=O. The molecule has 0 rings (SSSR count). The van der Waals surface area contributed by atoms with Crippen molar-refractivity contribution in [2.24, 2.45) is 5.73 Å². The number of hydrogen-bond donors (Lipinski definition) is 2. The Morgan fingerprint density at radius 3 is 2.00 bits per heavy atom. The topological polar surface area (TPSA) is 64.3 Å². The summed E-state index contributed by atoms with van der Waals surface area (Å²) in [6, 6.07) is 0. The third kappa shape index (κ3) is 6.51. The summed E-state index contributed by atoms with van der Waals surface area (Å²) in [6.07, 6.45) is -14.8. The Balaban J connectivity index is 4.71. The molecule has 0 aromatic carbocycles. The molecule has 0 radical (unpaired) electrons. The number of primary amides is 1. The predicted octanol–water partition coefficient (Wildman–Crippen LogP) is 2.13. The molecule has 21 heavy (non-hydrogen) atoms. The molecule has 1 unspecified atom stereocenters. The van der Waals surface area contributed by atoms with E-state index in [4.69, 9.17) is 5.73 Å². The number of carbonyl (C=O) groups excluding carboxylic acids is 1. The molecular formula is C11H18F6N2O2. The first-order valence-corrected chi connectivity index (χ1v) is 6.14. The molecule has 0 aliphatic heterocycles. The number of amides is 1. The first-order valence-electron chi connectivity index (χ1n) is 6.14. The quantitative estimate of drug-likeness (QED) is 0.672. The molecule has 0 saturated carbocycles. The molecule has 0 spiro atoms. The van der Waals surface area contributed by atoms with E-state index >= 15 is 0 Å². The summed E-state index contributed by atoms with van der Waals surface area (Å²) < 4.78 is 77.4. The predicted molar refractivity (Wildman–Crippen MR) is 62.4 cm³/mol. The van der Waals surface area contributed by atoms with Crippen LogP contribution in [0.5, 0.6) is 0 Å². The van der Waals surface area contributed by atoms with E-state index in [1.165, 1.54) is 6.92 Å². The van der Waals surface area contributed by atoms with E-state index in [9.17, 15) is 31.1 Å². The molecule has 0 heterocycles. The zero-order valence-corrected chi connectivity index (χ0v) is 11.6. The van der Waals surface area contributed by atoms with Gasteiger partial charge in [0.25, 0.3) is 0 Å². The highest BCUT2D eigenvalue weighted by atomic mass is 19.4. The fourth-order valence-electron chi connectivity index (χ4n) is 1.46. The Morgan fingerprint density at radius 2 is 1.67 bits per heavy atom. The molecule has 0 saturated heterocycles. The lowest BCUT2D eigenvalue weighted by Crippen LogP contribution is -2.54. The van der Waals surface area contributed by atoms with Crippen molar-refractivity contribution in [1.82, 2.24) is 5.32 Å². The summed E-state index contributed by atoms with van der Waals surface area (Å²) in [5.41, 5.74) is 3.67. The second-order valence-electron chi connectivity index (χ2n) is 4.71. The van der Waals surface area contributed by atoms with Crippen LogP contribution in [0.15, 0.2) is 0 Å². The number of ether oxygens (including phenoxy) is 1. The van der Waals surface area contributed by atoms with Crippen molar-refractivity contribution in [1.29, 1.82) is 0 Å². The van der Waals surface area contributed by atoms with Crippen LogP contribution < -0.4 is 11.1 Å². The lowest BCUT2D eigenvalue weighted by Gasteiger charge is -2.29. The van der Waals surface area contributed by atoms with Crippen molar-refractivity contribution >= 4 is 5.91 Å². The van der Waals surface area contributed by atoms with Gasteiger partial charge in [0, 0.05) is 0 Å². The van der Waals surface area contributed by atoms with E-state index in [1.54, 1.807) is 6.92 Å². The number of rotatable bonds is 8. The van der Waals surface area contributed by atoms with Gasteiger partial charge in [0.2, 0.25) is 12.0 Å². The van der Waals surface area contributed by atoms with E-state index in [0.29, 0.717) is 13.0 Å². The number of halogens is 6. The fraction of sp³-hybridized carbons (Fsp3) is 0.909. The lowest BCUT2D eigenvalue weighted by molar-refractivity contribution is -0.322. The van der Waals surface area contributed by atoms with Crippen molar-refractivity contribution in [3.05, 3.63) is 0 Å². The summed E-state index contributed by atoms with van der Waals surface area (Å²) in [5, 5.41) is 2.68. The second-order valence-corrected chi connectivity index (χ2v) is 4.71. The fourth-order valence-corrected chi connectivity index (χ4v) is 1.46. The molecule has 0 aromatic heterocycles. The molecule has 3 N–H and O–H groups in total. The van der Waals surface area contributed by atoms with Crippen molar-refractivity contribution in [3.63, 3.8) is 0 Å². The van der Waals surface area contributed by atoms with Crippen LogP contribution in [0.25, 0.3) is 0 Å². The van der Waals surface area contributed by atoms with Crippen LogP contribution >= 0.6 is 0 Å². The van der Waals surface area contributed by atoms with Crippen molar-refractivity contribution in [2.45, 2.75) is 50.7 Å². The normalized spacial score (nSPS) is 16.0. The highest BCUT2D eigenvalue weighted by Crippen LogP contribution is 2.35. The molecule has 0 bridgehead atoms. The standard InChI is InChI=1S/C11H18F6N2O2/c1-3-5-19-9(2,8(18)20)4-6-21-7(10(12,13)14)11(15,16)17/h7,19H,3-6H2,1-2H3,(H2,18,20). The van der Waals surface area contributed by atoms with Crippen molar-refractivity contribution in [2.75, 3.05) is 13.2 Å². The Bertz CT molecular complexity index is 331. The molecule has 126 valence electrons. The summed E-state index contributed by atoms with van der Waals surface area (Å²) in [7, 11) is 0. The highest BCUT2D eigenvalue weighted by Gasteiger charge is 2.58. The van der Waals surface area contributed by atoms with Crippen LogP contribution in [0, 0.1) is 0 Å². The van der Waals surface area contributed by atoms with E-state index in [-0.39, 0.29) is 0 Å². The molecule has 0 fully saturated rings. The maximum Gasteiger partial charge on any atom is 0.423 e. The average Bonchev–Trinajstić information content (AvgIpc) is 2.28. The zero-order chi connectivity index (χ0) is 16.9. The number of carbonyl (C=O) groups is 1. The van der Waals surface area contributed by atoms with Gasteiger partial charge in [-0.05, 0) is 26.3 Å². The van der Waals surface area contributed by atoms with Crippen molar-refractivity contribution < 1.29 is 35.9 Å². The lowest BCUT2D eigenvalue weighted by atomic mass is 9.97. The molecule has 1 atom stereocenters. The molecule has 4 nitrogen and oxygen atoms in total. The van der Waals surface area contributed by atoms with Crippen LogP contribution in [0.1, 0.15) is 26.7 Å². The maximum absolute atomic E-state index is 12.2. The molecule has 0 aliphatic rings. The van der Waals surface area contributed by atoms with Crippen LogP contribution in [0.4, 0.5) is 26.3 Å². The third-order valence-electron chi connectivity index (χ3n) is 2.79. The zero-order valence-electron chi connectivity index (χ0n) is 11.6. The van der Waals surface area contributed by atoms with E-state index in [2.05, 4.69) is 10.1 Å². The number of nitrogens with two attached hydrogens (primary N) is 1. The van der Waals surface area contributed by atoms with Gasteiger partial charge in [-0.2, -0.15) is 26.3 Å². The van der Waals surface area contributed by atoms with Gasteiger partial charge >= 0.3 is 12.4 Å². The summed E-state index contributed by atoms with van der Waals surface area (Å²) in [4.78, 5) is 11.3. The summed E-state index contributed by atoms with van der Waals surface area (Å²) >= 11 is 0. The molecule has 0 aliphatic carbocycles.